The molecule has 0 aliphatic rings. The quantitative estimate of drug-likeness (QED) is 0.299. The number of hydrogen-bond donors (Lipinski definition) is 0. The molecule has 4 aromatic carbocycles. The molecule has 0 unspecified atom stereocenters. The summed E-state index contributed by atoms with van der Waals surface area (Å²) in [5.41, 5.74) is 5.28. The minimum Gasteiger partial charge on any atom is -0.457 e. The molecule has 4 rings (SSSR count). The first-order valence-electron chi connectivity index (χ1n) is 10.9. The highest BCUT2D eigenvalue weighted by Gasteiger charge is 2.11. The summed E-state index contributed by atoms with van der Waals surface area (Å²) in [5.74, 6) is -0.300. The normalized spacial score (nSPS) is 10.8. The third-order valence-electron chi connectivity index (χ3n) is 5.31. The summed E-state index contributed by atoms with van der Waals surface area (Å²) in [6.45, 7) is 2.79. The second-order valence-corrected chi connectivity index (χ2v) is 7.88. The van der Waals surface area contributed by atoms with Gasteiger partial charge in [-0.15, -0.1) is 0 Å². The molecule has 0 saturated heterocycles. The van der Waals surface area contributed by atoms with Crippen LogP contribution in [0.1, 0.15) is 32.6 Å². The fourth-order valence-electron chi connectivity index (χ4n) is 3.66. The largest absolute Gasteiger partial charge is 0.457 e. The predicted octanol–water partition coefficient (Wildman–Crippen LogP) is 6.25. The Labute approximate surface area is 189 Å². The van der Waals surface area contributed by atoms with Gasteiger partial charge in [-0.25, -0.2) is 4.79 Å². The number of carbonyl (C=O) groups is 1. The first-order chi connectivity index (χ1) is 15.8. The number of benzene rings is 4. The highest BCUT2D eigenvalue weighted by molar-refractivity contribution is 5.89. The first-order valence-corrected chi connectivity index (χ1v) is 10.9. The van der Waals surface area contributed by atoms with E-state index in [9.17, 15) is 4.79 Å². The smallest absolute Gasteiger partial charge is 0.338 e. The predicted molar refractivity (Wildman–Crippen MR) is 128 cm³/mol. The fourth-order valence-corrected chi connectivity index (χ4v) is 3.66. The van der Waals surface area contributed by atoms with Crippen LogP contribution in [-0.4, -0.2) is 10.9 Å². The lowest BCUT2D eigenvalue weighted by atomic mass is 10.1. The van der Waals surface area contributed by atoms with Crippen LogP contribution in [-0.2, 0) is 31.0 Å². The van der Waals surface area contributed by atoms with E-state index in [1.54, 1.807) is 0 Å². The Morgan fingerprint density at radius 1 is 0.531 bits per heavy atom. The maximum absolute atomic E-state index is 12.4. The van der Waals surface area contributed by atoms with Gasteiger partial charge in [0.05, 0.1) is 5.56 Å². The summed E-state index contributed by atoms with van der Waals surface area (Å²) in [6.07, 6.45) is 0. The summed E-state index contributed by atoms with van der Waals surface area (Å²) in [7, 11) is 0. The van der Waals surface area contributed by atoms with Crippen molar-refractivity contribution in [1.82, 2.24) is 4.90 Å². The van der Waals surface area contributed by atoms with E-state index in [2.05, 4.69) is 53.4 Å². The average molecular weight is 422 g/mol. The molecule has 3 nitrogen and oxygen atoms in total. The molecule has 0 spiro atoms. The van der Waals surface area contributed by atoms with E-state index in [-0.39, 0.29) is 12.6 Å². The van der Waals surface area contributed by atoms with Gasteiger partial charge in [0.15, 0.2) is 0 Å². The van der Waals surface area contributed by atoms with Crippen molar-refractivity contribution in [2.75, 3.05) is 0 Å². The lowest BCUT2D eigenvalue weighted by molar-refractivity contribution is 0.0472. The highest BCUT2D eigenvalue weighted by Crippen LogP contribution is 2.15. The zero-order valence-electron chi connectivity index (χ0n) is 18.1. The summed E-state index contributed by atoms with van der Waals surface area (Å²) >= 11 is 0. The molecule has 0 aromatic heterocycles. The standard InChI is InChI=1S/C29H27NO2/c31-29(32-23-27-14-8-3-9-15-27)28-18-16-26(17-19-28)22-30(20-24-10-4-1-5-11-24)21-25-12-6-2-7-13-25/h1-19H,20-23H2. The van der Waals surface area contributed by atoms with Crippen molar-refractivity contribution in [3.8, 4) is 0 Å². The zero-order valence-corrected chi connectivity index (χ0v) is 18.1. The van der Waals surface area contributed by atoms with E-state index < -0.39 is 0 Å². The maximum Gasteiger partial charge on any atom is 0.338 e. The van der Waals surface area contributed by atoms with Crippen LogP contribution in [0.3, 0.4) is 0 Å². The minimum atomic E-state index is -0.300. The first kappa shape index (κ1) is 21.5. The SMILES string of the molecule is O=C(OCc1ccccc1)c1ccc(CN(Cc2ccccc2)Cc2ccccc2)cc1. The Hall–Kier alpha value is -3.69. The fraction of sp³-hybridized carbons (Fsp3) is 0.138. The van der Waals surface area contributed by atoms with Gasteiger partial charge in [-0.2, -0.15) is 0 Å². The van der Waals surface area contributed by atoms with Crippen molar-refractivity contribution in [1.29, 1.82) is 0 Å². The van der Waals surface area contributed by atoms with Crippen LogP contribution in [0.5, 0.6) is 0 Å². The van der Waals surface area contributed by atoms with Crippen LogP contribution in [0, 0.1) is 0 Å². The second kappa shape index (κ2) is 11.1. The van der Waals surface area contributed by atoms with Gasteiger partial charge in [0.25, 0.3) is 0 Å². The summed E-state index contributed by atoms with van der Waals surface area (Å²) in [6, 6.07) is 38.5. The molecule has 0 aliphatic heterocycles. The molecule has 0 N–H and O–H groups in total. The molecule has 0 atom stereocenters. The van der Waals surface area contributed by atoms with E-state index in [0.717, 1.165) is 30.8 Å². The van der Waals surface area contributed by atoms with Crippen LogP contribution in [0.4, 0.5) is 0 Å². The van der Waals surface area contributed by atoms with E-state index in [4.69, 9.17) is 4.74 Å². The van der Waals surface area contributed by atoms with Gasteiger partial charge in [-0.05, 0) is 34.4 Å². The van der Waals surface area contributed by atoms with Crippen LogP contribution >= 0.6 is 0 Å². The molecule has 3 heteroatoms. The monoisotopic (exact) mass is 421 g/mol. The van der Waals surface area contributed by atoms with Gasteiger partial charge >= 0.3 is 5.97 Å². The van der Waals surface area contributed by atoms with Crippen LogP contribution < -0.4 is 0 Å². The summed E-state index contributed by atoms with van der Waals surface area (Å²) in [4.78, 5) is 14.8. The van der Waals surface area contributed by atoms with Gasteiger partial charge < -0.3 is 4.74 Å². The van der Waals surface area contributed by atoms with Gasteiger partial charge in [0, 0.05) is 19.6 Å². The maximum atomic E-state index is 12.4. The third-order valence-corrected chi connectivity index (χ3v) is 5.31. The molecule has 0 amide bonds. The Kier molecular flexibility index (Phi) is 7.46. The molecule has 0 radical (unpaired) electrons. The van der Waals surface area contributed by atoms with E-state index in [1.807, 2.05) is 66.7 Å². The lowest BCUT2D eigenvalue weighted by Crippen LogP contribution is -2.22. The topological polar surface area (TPSA) is 29.5 Å². The van der Waals surface area contributed by atoms with Crippen LogP contribution in [0.15, 0.2) is 115 Å². The van der Waals surface area contributed by atoms with Crippen molar-refractivity contribution in [2.24, 2.45) is 0 Å². The molecule has 32 heavy (non-hydrogen) atoms. The molecule has 0 fully saturated rings. The third kappa shape index (κ3) is 6.40. The Morgan fingerprint density at radius 2 is 0.938 bits per heavy atom. The van der Waals surface area contributed by atoms with Gasteiger partial charge in [0.2, 0.25) is 0 Å². The molecule has 0 saturated carbocycles. The second-order valence-electron chi connectivity index (χ2n) is 7.88. The molecule has 4 aromatic rings. The summed E-state index contributed by atoms with van der Waals surface area (Å²) < 4.78 is 5.44. The minimum absolute atomic E-state index is 0.281. The molecule has 0 heterocycles. The van der Waals surface area contributed by atoms with Crippen molar-refractivity contribution in [3.63, 3.8) is 0 Å². The van der Waals surface area contributed by atoms with Crippen molar-refractivity contribution < 1.29 is 9.53 Å². The number of esters is 1. The average Bonchev–Trinajstić information content (AvgIpc) is 2.85. The van der Waals surface area contributed by atoms with Crippen LogP contribution in [0.25, 0.3) is 0 Å². The van der Waals surface area contributed by atoms with Crippen molar-refractivity contribution >= 4 is 5.97 Å². The zero-order chi connectivity index (χ0) is 22.0. The van der Waals surface area contributed by atoms with Gasteiger partial charge in [-0.1, -0.05) is 103 Å². The number of rotatable bonds is 9. The number of hydrogen-bond acceptors (Lipinski definition) is 3. The van der Waals surface area contributed by atoms with Crippen molar-refractivity contribution in [2.45, 2.75) is 26.2 Å². The Balaban J connectivity index is 1.40. The lowest BCUT2D eigenvalue weighted by Gasteiger charge is -2.23. The Bertz CT molecular complexity index is 1050. The summed E-state index contributed by atoms with van der Waals surface area (Å²) in [5, 5.41) is 0. The van der Waals surface area contributed by atoms with Crippen molar-refractivity contribution in [3.05, 3.63) is 143 Å². The number of nitrogens with zero attached hydrogens (tertiary/aromatic N) is 1. The molecule has 0 bridgehead atoms. The Morgan fingerprint density at radius 3 is 1.41 bits per heavy atom. The molecule has 160 valence electrons. The van der Waals surface area contributed by atoms with Gasteiger partial charge in [-0.3, -0.25) is 4.90 Å². The number of ether oxygens (including phenoxy) is 1. The van der Waals surface area contributed by atoms with E-state index in [1.165, 1.54) is 11.1 Å². The van der Waals surface area contributed by atoms with Gasteiger partial charge in [0.1, 0.15) is 6.61 Å². The van der Waals surface area contributed by atoms with Crippen LogP contribution in [0.2, 0.25) is 0 Å². The molecule has 0 aliphatic carbocycles. The van der Waals surface area contributed by atoms with E-state index in [0.29, 0.717) is 5.56 Å². The molecular weight excluding hydrogens is 394 g/mol. The van der Waals surface area contributed by atoms with E-state index >= 15 is 0 Å². The number of carbonyl (C=O) groups excluding carboxylic acids is 1. The highest BCUT2D eigenvalue weighted by atomic mass is 16.5. The molecular formula is C29H27NO2.